The molecule has 4 heterocycles. The number of hydrogen-bond acceptors (Lipinski definition) is 11. The monoisotopic (exact) mass is 603 g/mol. The van der Waals surface area contributed by atoms with E-state index in [4.69, 9.17) is 22.9 Å². The van der Waals surface area contributed by atoms with Crippen molar-refractivity contribution in [1.29, 1.82) is 0 Å². The summed E-state index contributed by atoms with van der Waals surface area (Å²) in [6.45, 7) is 25.3. The van der Waals surface area contributed by atoms with Gasteiger partial charge in [-0.2, -0.15) is 5.10 Å². The van der Waals surface area contributed by atoms with E-state index < -0.39 is 0 Å². The van der Waals surface area contributed by atoms with E-state index in [1.807, 2.05) is 24.4 Å². The minimum absolute atomic E-state index is 0.0562. The van der Waals surface area contributed by atoms with Crippen LogP contribution in [0.4, 0.5) is 23.4 Å². The van der Waals surface area contributed by atoms with E-state index in [2.05, 4.69) is 118 Å². The summed E-state index contributed by atoms with van der Waals surface area (Å²) in [5.74, 6) is 1.85. The first kappa shape index (κ1) is 37.6. The summed E-state index contributed by atoms with van der Waals surface area (Å²) < 4.78 is 0. The van der Waals surface area contributed by atoms with E-state index >= 15 is 0 Å². The number of anilines is 4. The summed E-state index contributed by atoms with van der Waals surface area (Å²) >= 11 is 0. The van der Waals surface area contributed by atoms with Crippen molar-refractivity contribution in [3.63, 3.8) is 0 Å². The maximum absolute atomic E-state index is 5.46. The molecule has 240 valence electrons. The first-order valence-corrected chi connectivity index (χ1v) is 14.5. The van der Waals surface area contributed by atoms with Gasteiger partial charge < -0.3 is 22.9 Å². The van der Waals surface area contributed by atoms with Crippen molar-refractivity contribution >= 4 is 23.4 Å². The molecule has 0 spiro atoms. The van der Waals surface area contributed by atoms with E-state index in [1.54, 1.807) is 30.9 Å². The molecule has 0 saturated carbocycles. The summed E-state index contributed by atoms with van der Waals surface area (Å²) in [4.78, 5) is 20.0. The summed E-state index contributed by atoms with van der Waals surface area (Å²) in [6, 6.07) is 7.53. The highest BCUT2D eigenvalue weighted by Crippen LogP contribution is 2.22. The number of nitrogen functional groups attached to an aromatic ring is 4. The predicted octanol–water partition coefficient (Wildman–Crippen LogP) is 6.03. The summed E-state index contributed by atoms with van der Waals surface area (Å²) in [6.07, 6.45) is 8.66. The molecule has 0 aliphatic rings. The Morgan fingerprint density at radius 2 is 0.864 bits per heavy atom. The van der Waals surface area contributed by atoms with Crippen LogP contribution in [0, 0.1) is 0 Å². The third kappa shape index (κ3) is 14.2. The van der Waals surface area contributed by atoms with Gasteiger partial charge in [0, 0.05) is 29.4 Å². The molecule has 0 aliphatic heterocycles. The number of pyridine rings is 1. The molecule has 0 bridgehead atoms. The van der Waals surface area contributed by atoms with E-state index in [0.29, 0.717) is 23.4 Å². The fraction of sp³-hybridized carbons (Fsp3) is 0.485. The summed E-state index contributed by atoms with van der Waals surface area (Å²) in [7, 11) is 0. The molecule has 0 amide bonds. The number of hydrogen-bond donors (Lipinski definition) is 4. The van der Waals surface area contributed by atoms with Crippen molar-refractivity contribution in [3.05, 3.63) is 77.8 Å². The van der Waals surface area contributed by atoms with E-state index in [-0.39, 0.29) is 21.7 Å². The number of nitrogens with two attached hydrogens (primary N) is 4. The Labute approximate surface area is 263 Å². The van der Waals surface area contributed by atoms with Crippen LogP contribution in [0.5, 0.6) is 0 Å². The van der Waals surface area contributed by atoms with E-state index in [1.165, 1.54) is 5.56 Å². The molecular formula is C33H53N11. The molecule has 0 aliphatic carbocycles. The van der Waals surface area contributed by atoms with Gasteiger partial charge in [-0.05, 0) is 40.2 Å². The van der Waals surface area contributed by atoms with Crippen LogP contribution < -0.4 is 22.9 Å². The van der Waals surface area contributed by atoms with Gasteiger partial charge in [0.05, 0.1) is 23.8 Å². The highest BCUT2D eigenvalue weighted by molar-refractivity contribution is 5.32. The lowest BCUT2D eigenvalue weighted by molar-refractivity contribution is 0.559. The standard InChI is InChI=1S/C9H14N2.3C8H13N3/c1-9(2,3)7-4-5-8(10)11-6-7;1-8(2,3)6-4-11-7(9)5-10-6;1-8(2,3)6-4-10-7(9)11-5-6;1-8(2,3)6-4-5-7(9)11-10-6/h4-6H,1-3H3,(H2,10,11);4-5H,1-3H3,(H2,9,11);4-5H,1-3H3,(H2,9,10,11);4-5H,1-3H3,(H2,9,11). The molecule has 0 unspecified atom stereocenters. The van der Waals surface area contributed by atoms with Gasteiger partial charge in [-0.3, -0.25) is 4.98 Å². The molecule has 0 saturated heterocycles. The van der Waals surface area contributed by atoms with Gasteiger partial charge in [0.2, 0.25) is 5.95 Å². The average molecular weight is 604 g/mol. The molecule has 4 rings (SSSR count). The Balaban J connectivity index is 0.000000293. The number of nitrogens with zero attached hydrogens (tertiary/aromatic N) is 7. The average Bonchev–Trinajstić information content (AvgIpc) is 2.89. The SMILES string of the molecule is CC(C)(C)c1ccc(N)nc1.CC(C)(C)c1ccc(N)nn1.CC(C)(C)c1cnc(N)cn1.CC(C)(C)c1cnc(N)nc1. The van der Waals surface area contributed by atoms with Crippen LogP contribution in [0.3, 0.4) is 0 Å². The van der Waals surface area contributed by atoms with Gasteiger partial charge in [0.25, 0.3) is 0 Å². The first-order chi connectivity index (χ1) is 20.0. The lowest BCUT2D eigenvalue weighted by Gasteiger charge is -2.17. The Hall–Kier alpha value is -4.41. The Morgan fingerprint density at radius 3 is 1.23 bits per heavy atom. The molecule has 0 aromatic carbocycles. The molecule has 0 atom stereocenters. The van der Waals surface area contributed by atoms with Gasteiger partial charge >= 0.3 is 0 Å². The van der Waals surface area contributed by atoms with Gasteiger partial charge in [0.1, 0.15) is 17.5 Å². The largest absolute Gasteiger partial charge is 0.384 e. The zero-order valence-electron chi connectivity index (χ0n) is 28.6. The molecule has 44 heavy (non-hydrogen) atoms. The van der Waals surface area contributed by atoms with Crippen molar-refractivity contribution < 1.29 is 0 Å². The zero-order valence-corrected chi connectivity index (χ0v) is 28.6. The fourth-order valence-corrected chi connectivity index (χ4v) is 3.04. The molecule has 0 radical (unpaired) electrons. The molecule has 11 nitrogen and oxygen atoms in total. The Bertz CT molecular complexity index is 1150. The van der Waals surface area contributed by atoms with Crippen LogP contribution in [0.2, 0.25) is 0 Å². The molecule has 0 fully saturated rings. The van der Waals surface area contributed by atoms with Crippen LogP contribution in [0.25, 0.3) is 0 Å². The zero-order chi connectivity index (χ0) is 33.9. The highest BCUT2D eigenvalue weighted by atomic mass is 15.1. The first-order valence-electron chi connectivity index (χ1n) is 14.5. The summed E-state index contributed by atoms with van der Waals surface area (Å²) in [5, 5.41) is 7.75. The van der Waals surface area contributed by atoms with Crippen molar-refractivity contribution in [1.82, 2.24) is 35.1 Å². The van der Waals surface area contributed by atoms with Crippen molar-refractivity contribution in [2.24, 2.45) is 0 Å². The molecule has 4 aromatic heterocycles. The van der Waals surface area contributed by atoms with Crippen LogP contribution in [0.1, 0.15) is 106 Å². The second-order valence-corrected chi connectivity index (χ2v) is 14.5. The van der Waals surface area contributed by atoms with Crippen LogP contribution in [0.15, 0.2) is 55.2 Å². The Kier molecular flexibility index (Phi) is 13.1. The maximum atomic E-state index is 5.46. The molecule has 8 N–H and O–H groups in total. The normalized spacial score (nSPS) is 11.5. The molecule has 4 aromatic rings. The van der Waals surface area contributed by atoms with Crippen molar-refractivity contribution in [3.8, 4) is 0 Å². The third-order valence-electron chi connectivity index (χ3n) is 6.08. The summed E-state index contributed by atoms with van der Waals surface area (Å²) in [5.41, 5.74) is 26.2. The topological polar surface area (TPSA) is 194 Å². The molecule has 11 heteroatoms. The van der Waals surface area contributed by atoms with E-state index in [9.17, 15) is 0 Å². The van der Waals surface area contributed by atoms with Crippen molar-refractivity contribution in [2.45, 2.75) is 105 Å². The quantitative estimate of drug-likeness (QED) is 0.183. The van der Waals surface area contributed by atoms with Gasteiger partial charge in [-0.1, -0.05) is 89.2 Å². The van der Waals surface area contributed by atoms with Gasteiger partial charge in [0.15, 0.2) is 0 Å². The van der Waals surface area contributed by atoms with E-state index in [0.717, 1.165) is 17.0 Å². The third-order valence-corrected chi connectivity index (χ3v) is 6.08. The molecular weight excluding hydrogens is 550 g/mol. The highest BCUT2D eigenvalue weighted by Gasteiger charge is 2.16. The fourth-order valence-electron chi connectivity index (χ4n) is 3.04. The Morgan fingerprint density at radius 1 is 0.386 bits per heavy atom. The smallest absolute Gasteiger partial charge is 0.219 e. The second kappa shape index (κ2) is 15.4. The predicted molar refractivity (Wildman–Crippen MR) is 183 cm³/mol. The maximum Gasteiger partial charge on any atom is 0.219 e. The van der Waals surface area contributed by atoms with Gasteiger partial charge in [-0.15, -0.1) is 5.10 Å². The minimum atomic E-state index is 0.0562. The minimum Gasteiger partial charge on any atom is -0.384 e. The second-order valence-electron chi connectivity index (χ2n) is 14.5. The van der Waals surface area contributed by atoms with Crippen molar-refractivity contribution in [2.75, 3.05) is 22.9 Å². The number of rotatable bonds is 0. The van der Waals surface area contributed by atoms with Crippen LogP contribution in [-0.4, -0.2) is 35.1 Å². The van der Waals surface area contributed by atoms with Gasteiger partial charge in [-0.25, -0.2) is 19.9 Å². The van der Waals surface area contributed by atoms with Crippen LogP contribution >= 0.6 is 0 Å². The lowest BCUT2D eigenvalue weighted by atomic mass is 9.88. The lowest BCUT2D eigenvalue weighted by Crippen LogP contribution is -2.14. The number of aromatic nitrogens is 7. The van der Waals surface area contributed by atoms with Crippen LogP contribution in [-0.2, 0) is 21.7 Å².